The van der Waals surface area contributed by atoms with Crippen molar-refractivity contribution >= 4 is 39.3 Å². The number of likely N-dealkylation sites (tertiary alicyclic amines) is 1. The molecule has 4 rings (SSSR count). The normalized spacial score (nSPS) is 15.1. The Balaban J connectivity index is 1.45. The fraction of sp³-hybridized carbons (Fsp3) is 0.409. The number of thiazole rings is 1. The summed E-state index contributed by atoms with van der Waals surface area (Å²) in [4.78, 5) is 31.7. The number of carbonyl (C=O) groups is 2. The smallest absolute Gasteiger partial charge is 0.289 e. The van der Waals surface area contributed by atoms with Crippen LogP contribution in [0.2, 0.25) is 0 Å². The monoisotopic (exact) mass is 411 g/mol. The quantitative estimate of drug-likeness (QED) is 0.683. The molecule has 1 saturated heterocycles. The number of anilines is 1. The molecule has 3 heterocycles. The average Bonchev–Trinajstić information content (AvgIpc) is 3.28. The fourth-order valence-corrected chi connectivity index (χ4v) is 4.68. The van der Waals surface area contributed by atoms with Gasteiger partial charge in [0.25, 0.3) is 5.91 Å². The van der Waals surface area contributed by atoms with E-state index in [1.54, 1.807) is 4.90 Å². The molecule has 0 atom stereocenters. The van der Waals surface area contributed by atoms with Crippen LogP contribution in [0.25, 0.3) is 11.0 Å². The van der Waals surface area contributed by atoms with Crippen molar-refractivity contribution in [2.75, 3.05) is 18.4 Å². The average molecular weight is 412 g/mol. The molecule has 152 valence electrons. The highest BCUT2D eigenvalue weighted by molar-refractivity contribution is 7.13. The van der Waals surface area contributed by atoms with Crippen molar-refractivity contribution in [2.45, 2.75) is 40.5 Å². The minimum atomic E-state index is -0.107. The van der Waals surface area contributed by atoms with Crippen molar-refractivity contribution in [3.8, 4) is 0 Å². The van der Waals surface area contributed by atoms with Gasteiger partial charge in [-0.3, -0.25) is 9.59 Å². The van der Waals surface area contributed by atoms with E-state index in [2.05, 4.69) is 16.4 Å². The highest BCUT2D eigenvalue weighted by Gasteiger charge is 2.31. The minimum Gasteiger partial charge on any atom is -0.450 e. The number of benzene rings is 1. The van der Waals surface area contributed by atoms with Crippen LogP contribution in [0.5, 0.6) is 0 Å². The van der Waals surface area contributed by atoms with E-state index in [9.17, 15) is 9.59 Å². The predicted octanol–water partition coefficient (Wildman–Crippen LogP) is 4.61. The Hall–Kier alpha value is -2.67. The van der Waals surface area contributed by atoms with Crippen LogP contribution in [0.15, 0.2) is 21.9 Å². The van der Waals surface area contributed by atoms with E-state index in [1.165, 1.54) is 11.3 Å². The molecule has 0 radical (unpaired) electrons. The van der Waals surface area contributed by atoms with E-state index in [0.717, 1.165) is 33.4 Å². The number of carbonyl (C=O) groups excluding carboxylic acids is 2. The van der Waals surface area contributed by atoms with Gasteiger partial charge in [0.15, 0.2) is 10.9 Å². The van der Waals surface area contributed by atoms with Crippen LogP contribution in [0, 0.1) is 33.6 Å². The maximum atomic E-state index is 13.1. The minimum absolute atomic E-state index is 0.0161. The fourth-order valence-electron chi connectivity index (χ4n) is 3.99. The van der Waals surface area contributed by atoms with Gasteiger partial charge in [0.05, 0.1) is 5.69 Å². The van der Waals surface area contributed by atoms with Gasteiger partial charge in [-0.15, -0.1) is 11.3 Å². The Labute approximate surface area is 173 Å². The van der Waals surface area contributed by atoms with Gasteiger partial charge in [0, 0.05) is 35.3 Å². The Morgan fingerprint density at radius 2 is 1.83 bits per heavy atom. The van der Waals surface area contributed by atoms with Crippen molar-refractivity contribution < 1.29 is 14.0 Å². The molecule has 1 N–H and O–H groups in total. The van der Waals surface area contributed by atoms with Gasteiger partial charge in [-0.2, -0.15) is 0 Å². The first-order valence-electron chi connectivity index (χ1n) is 9.86. The van der Waals surface area contributed by atoms with E-state index < -0.39 is 0 Å². The molecule has 3 aromatic rings. The van der Waals surface area contributed by atoms with Gasteiger partial charge in [-0.1, -0.05) is 12.1 Å². The Bertz CT molecular complexity index is 1090. The number of fused-ring (bicyclic) bond motifs is 1. The van der Waals surface area contributed by atoms with Gasteiger partial charge in [-0.05, 0) is 51.7 Å². The van der Waals surface area contributed by atoms with Gasteiger partial charge in [0.2, 0.25) is 5.91 Å². The van der Waals surface area contributed by atoms with Gasteiger partial charge in [0.1, 0.15) is 5.58 Å². The number of furan rings is 1. The molecule has 2 amide bonds. The Kier molecular flexibility index (Phi) is 5.17. The van der Waals surface area contributed by atoms with E-state index in [-0.39, 0.29) is 17.7 Å². The van der Waals surface area contributed by atoms with Gasteiger partial charge >= 0.3 is 0 Å². The first-order valence-corrected chi connectivity index (χ1v) is 10.7. The maximum absolute atomic E-state index is 13.1. The van der Waals surface area contributed by atoms with E-state index in [4.69, 9.17) is 4.42 Å². The van der Waals surface area contributed by atoms with E-state index in [0.29, 0.717) is 36.8 Å². The summed E-state index contributed by atoms with van der Waals surface area (Å²) in [6.45, 7) is 8.96. The zero-order valence-corrected chi connectivity index (χ0v) is 18.0. The van der Waals surface area contributed by atoms with Crippen LogP contribution >= 0.6 is 11.3 Å². The third-order valence-electron chi connectivity index (χ3n) is 5.68. The topological polar surface area (TPSA) is 75.4 Å². The second-order valence-electron chi connectivity index (χ2n) is 7.81. The molecule has 6 nitrogen and oxygen atoms in total. The largest absolute Gasteiger partial charge is 0.450 e. The van der Waals surface area contributed by atoms with Crippen molar-refractivity contribution in [1.29, 1.82) is 0 Å². The van der Waals surface area contributed by atoms with Crippen molar-refractivity contribution in [3.05, 3.63) is 45.7 Å². The second kappa shape index (κ2) is 7.63. The van der Waals surface area contributed by atoms with Crippen LogP contribution in [0.4, 0.5) is 5.13 Å². The number of hydrogen-bond acceptors (Lipinski definition) is 5. The number of piperidine rings is 1. The molecule has 0 unspecified atom stereocenters. The molecule has 1 aliphatic rings. The van der Waals surface area contributed by atoms with Crippen LogP contribution in [0.1, 0.15) is 45.8 Å². The SMILES string of the molecule is Cc1csc(NC(=O)C2CCN(C(=O)c3oc4c(C)ccc(C)c4c3C)CC2)n1. The summed E-state index contributed by atoms with van der Waals surface area (Å²) in [6.07, 6.45) is 1.28. The van der Waals surface area contributed by atoms with Gasteiger partial charge in [-0.25, -0.2) is 4.98 Å². The molecule has 0 saturated carbocycles. The first kappa shape index (κ1) is 19.6. The molecule has 0 bridgehead atoms. The predicted molar refractivity (Wildman–Crippen MR) is 115 cm³/mol. The summed E-state index contributed by atoms with van der Waals surface area (Å²) in [6, 6.07) is 4.07. The number of aromatic nitrogens is 1. The van der Waals surface area contributed by atoms with Crippen molar-refractivity contribution in [1.82, 2.24) is 9.88 Å². The van der Waals surface area contributed by atoms with Crippen LogP contribution < -0.4 is 5.32 Å². The second-order valence-corrected chi connectivity index (χ2v) is 8.67. The maximum Gasteiger partial charge on any atom is 0.289 e. The van der Waals surface area contributed by atoms with Crippen molar-refractivity contribution in [3.63, 3.8) is 0 Å². The Morgan fingerprint density at radius 3 is 2.45 bits per heavy atom. The number of rotatable bonds is 3. The molecule has 0 spiro atoms. The van der Waals surface area contributed by atoms with E-state index in [1.807, 2.05) is 39.1 Å². The lowest BCUT2D eigenvalue weighted by Gasteiger charge is -2.30. The molecule has 1 aliphatic heterocycles. The summed E-state index contributed by atoms with van der Waals surface area (Å²) in [5, 5.41) is 6.47. The molecule has 1 fully saturated rings. The molecule has 0 aliphatic carbocycles. The lowest BCUT2D eigenvalue weighted by Crippen LogP contribution is -2.41. The third kappa shape index (κ3) is 3.67. The van der Waals surface area contributed by atoms with Crippen LogP contribution in [-0.4, -0.2) is 34.8 Å². The lowest BCUT2D eigenvalue weighted by molar-refractivity contribution is -0.121. The summed E-state index contributed by atoms with van der Waals surface area (Å²) < 4.78 is 6.00. The number of nitrogens with one attached hydrogen (secondary N) is 1. The summed E-state index contributed by atoms with van der Waals surface area (Å²) >= 11 is 1.43. The summed E-state index contributed by atoms with van der Waals surface area (Å²) in [7, 11) is 0. The highest BCUT2D eigenvalue weighted by Crippen LogP contribution is 2.32. The zero-order chi connectivity index (χ0) is 20.7. The summed E-state index contributed by atoms with van der Waals surface area (Å²) in [5.74, 6) is 0.201. The third-order valence-corrected chi connectivity index (χ3v) is 6.55. The molecular weight excluding hydrogens is 386 g/mol. The van der Waals surface area contributed by atoms with Gasteiger partial charge < -0.3 is 14.6 Å². The Morgan fingerprint density at radius 1 is 1.14 bits per heavy atom. The number of hydrogen-bond donors (Lipinski definition) is 1. The zero-order valence-electron chi connectivity index (χ0n) is 17.2. The van der Waals surface area contributed by atoms with E-state index >= 15 is 0 Å². The molecule has 29 heavy (non-hydrogen) atoms. The molecule has 2 aromatic heterocycles. The molecule has 7 heteroatoms. The highest BCUT2D eigenvalue weighted by atomic mass is 32.1. The standard InChI is InChI=1S/C22H25N3O3S/c1-12-5-6-13(2)18-17(12)15(4)19(28-18)21(27)25-9-7-16(8-10-25)20(26)24-22-23-14(3)11-29-22/h5-6,11,16H,7-10H2,1-4H3,(H,23,24,26). The number of nitrogens with zero attached hydrogens (tertiary/aromatic N) is 2. The molecule has 1 aromatic carbocycles. The van der Waals surface area contributed by atoms with Crippen LogP contribution in [-0.2, 0) is 4.79 Å². The summed E-state index contributed by atoms with van der Waals surface area (Å²) in [5.41, 5.74) is 4.72. The number of aryl methyl sites for hydroxylation is 4. The number of amides is 2. The van der Waals surface area contributed by atoms with Crippen LogP contribution in [0.3, 0.4) is 0 Å². The first-order chi connectivity index (χ1) is 13.8. The lowest BCUT2D eigenvalue weighted by atomic mass is 9.95. The van der Waals surface area contributed by atoms with Crippen molar-refractivity contribution in [2.24, 2.45) is 5.92 Å². The molecular formula is C22H25N3O3S.